The van der Waals surface area contributed by atoms with Gasteiger partial charge >= 0.3 is 0 Å². The second-order valence-electron chi connectivity index (χ2n) is 5.23. The molecule has 0 aliphatic carbocycles. The first-order chi connectivity index (χ1) is 8.49. The van der Waals surface area contributed by atoms with E-state index in [0.717, 1.165) is 40.8 Å². The minimum atomic E-state index is -0.0808. The molecule has 0 unspecified atom stereocenters. The van der Waals surface area contributed by atoms with Gasteiger partial charge in [0, 0.05) is 22.7 Å². The van der Waals surface area contributed by atoms with Crippen LogP contribution in [0.15, 0.2) is 12.1 Å². The van der Waals surface area contributed by atoms with Crippen LogP contribution in [0.5, 0.6) is 0 Å². The molecule has 0 aromatic heterocycles. The van der Waals surface area contributed by atoms with E-state index in [4.69, 9.17) is 0 Å². The van der Waals surface area contributed by atoms with Gasteiger partial charge in [0.15, 0.2) is 0 Å². The highest BCUT2D eigenvalue weighted by molar-refractivity contribution is 14.1. The summed E-state index contributed by atoms with van der Waals surface area (Å²) in [6.45, 7) is 3.89. The molecule has 0 saturated carbocycles. The molecule has 4 heteroatoms. The zero-order valence-corrected chi connectivity index (χ0v) is 13.4. The van der Waals surface area contributed by atoms with Gasteiger partial charge in [0.25, 0.3) is 0 Å². The summed E-state index contributed by atoms with van der Waals surface area (Å²) in [5, 5.41) is 0. The van der Waals surface area contributed by atoms with E-state index in [9.17, 15) is 4.39 Å². The molecule has 0 atom stereocenters. The number of nitrogens with zero attached hydrogens (tertiary/aromatic N) is 2. The molecule has 1 fully saturated rings. The number of anilines is 1. The van der Waals surface area contributed by atoms with E-state index in [1.165, 1.54) is 0 Å². The average Bonchev–Trinajstić information content (AvgIpc) is 2.28. The van der Waals surface area contributed by atoms with Gasteiger partial charge in [-0.25, -0.2) is 4.39 Å². The first kappa shape index (κ1) is 14.1. The lowest BCUT2D eigenvalue weighted by Crippen LogP contribution is -2.42. The topological polar surface area (TPSA) is 6.48 Å². The Balaban J connectivity index is 2.15. The van der Waals surface area contributed by atoms with Gasteiger partial charge < -0.3 is 9.80 Å². The second kappa shape index (κ2) is 5.74. The maximum Gasteiger partial charge on any atom is 0.147 e. The molecular formula is C14H20FIN2. The van der Waals surface area contributed by atoms with E-state index in [1.54, 1.807) is 6.07 Å². The normalized spacial score (nSPS) is 17.6. The Morgan fingerprint density at radius 2 is 1.89 bits per heavy atom. The zero-order valence-electron chi connectivity index (χ0n) is 11.2. The highest BCUT2D eigenvalue weighted by Gasteiger charge is 2.23. The number of hydrogen-bond donors (Lipinski definition) is 0. The standard InChI is InChI=1S/C14H20FIN2/c1-10-8-11(16)9-13(15)14(10)18-6-4-12(5-7-18)17(2)3/h8-9,12H,4-7H2,1-3H3. The summed E-state index contributed by atoms with van der Waals surface area (Å²) >= 11 is 2.17. The van der Waals surface area contributed by atoms with E-state index in [-0.39, 0.29) is 5.82 Å². The van der Waals surface area contributed by atoms with E-state index in [0.29, 0.717) is 6.04 Å². The Kier molecular flexibility index (Phi) is 4.48. The largest absolute Gasteiger partial charge is 0.369 e. The number of benzene rings is 1. The number of aryl methyl sites for hydroxylation is 1. The van der Waals surface area contributed by atoms with Crippen LogP contribution in [0, 0.1) is 16.3 Å². The summed E-state index contributed by atoms with van der Waals surface area (Å²) in [5.74, 6) is -0.0808. The smallest absolute Gasteiger partial charge is 0.147 e. The van der Waals surface area contributed by atoms with Gasteiger partial charge in [-0.3, -0.25) is 0 Å². The van der Waals surface area contributed by atoms with Crippen LogP contribution < -0.4 is 4.90 Å². The molecule has 2 nitrogen and oxygen atoms in total. The quantitative estimate of drug-likeness (QED) is 0.746. The van der Waals surface area contributed by atoms with Gasteiger partial charge in [-0.2, -0.15) is 0 Å². The van der Waals surface area contributed by atoms with Crippen LogP contribution >= 0.6 is 22.6 Å². The molecule has 0 N–H and O–H groups in total. The number of halogens is 2. The van der Waals surface area contributed by atoms with Crippen molar-refractivity contribution in [1.29, 1.82) is 0 Å². The molecule has 1 aromatic rings. The van der Waals surface area contributed by atoms with E-state index < -0.39 is 0 Å². The summed E-state index contributed by atoms with van der Waals surface area (Å²) in [4.78, 5) is 4.47. The van der Waals surface area contributed by atoms with Gasteiger partial charge in [0.2, 0.25) is 0 Å². The van der Waals surface area contributed by atoms with Gasteiger partial charge in [-0.05, 0) is 74.1 Å². The monoisotopic (exact) mass is 362 g/mol. The average molecular weight is 362 g/mol. The number of piperidine rings is 1. The molecule has 0 radical (unpaired) electrons. The fraction of sp³-hybridized carbons (Fsp3) is 0.571. The molecule has 100 valence electrons. The van der Waals surface area contributed by atoms with Crippen LogP contribution in [0.1, 0.15) is 18.4 Å². The molecule has 0 amide bonds. The predicted molar refractivity (Wildman–Crippen MR) is 82.8 cm³/mol. The molecule has 1 saturated heterocycles. The molecule has 0 bridgehead atoms. The van der Waals surface area contributed by atoms with E-state index in [2.05, 4.69) is 52.6 Å². The van der Waals surface area contributed by atoms with E-state index in [1.807, 2.05) is 6.92 Å². The summed E-state index contributed by atoms with van der Waals surface area (Å²) in [7, 11) is 4.24. The van der Waals surface area contributed by atoms with Crippen LogP contribution in [0.3, 0.4) is 0 Å². The summed E-state index contributed by atoms with van der Waals surface area (Å²) in [6.07, 6.45) is 2.22. The fourth-order valence-corrected chi connectivity index (χ4v) is 3.44. The van der Waals surface area contributed by atoms with Gasteiger partial charge in [0.1, 0.15) is 5.82 Å². The van der Waals surface area contributed by atoms with Crippen LogP contribution in [-0.4, -0.2) is 38.1 Å². The highest BCUT2D eigenvalue weighted by atomic mass is 127. The van der Waals surface area contributed by atoms with Crippen LogP contribution in [0.25, 0.3) is 0 Å². The van der Waals surface area contributed by atoms with Crippen molar-refractivity contribution in [3.63, 3.8) is 0 Å². The lowest BCUT2D eigenvalue weighted by Gasteiger charge is -2.37. The summed E-state index contributed by atoms with van der Waals surface area (Å²) in [6, 6.07) is 4.31. The SMILES string of the molecule is Cc1cc(I)cc(F)c1N1CCC(N(C)C)CC1. The minimum absolute atomic E-state index is 0.0808. The molecule has 18 heavy (non-hydrogen) atoms. The van der Waals surface area contributed by atoms with Crippen molar-refractivity contribution in [2.75, 3.05) is 32.1 Å². The molecule has 2 rings (SSSR count). The fourth-order valence-electron chi connectivity index (χ4n) is 2.70. The van der Waals surface area contributed by atoms with Crippen molar-refractivity contribution in [1.82, 2.24) is 4.90 Å². The van der Waals surface area contributed by atoms with Crippen LogP contribution in [-0.2, 0) is 0 Å². The van der Waals surface area contributed by atoms with E-state index >= 15 is 0 Å². The van der Waals surface area contributed by atoms with Crippen LogP contribution in [0.4, 0.5) is 10.1 Å². The van der Waals surface area contributed by atoms with Gasteiger partial charge in [-0.15, -0.1) is 0 Å². The van der Waals surface area contributed by atoms with Gasteiger partial charge in [-0.1, -0.05) is 0 Å². The Hall–Kier alpha value is -0.360. The third kappa shape index (κ3) is 2.96. The maximum atomic E-state index is 14.1. The molecule has 1 aromatic carbocycles. The van der Waals surface area contributed by atoms with Crippen LogP contribution in [0.2, 0.25) is 0 Å². The lowest BCUT2D eigenvalue weighted by molar-refractivity contribution is 0.249. The molecule has 0 spiro atoms. The third-order valence-electron chi connectivity index (χ3n) is 3.73. The summed E-state index contributed by atoms with van der Waals surface area (Å²) in [5.41, 5.74) is 1.84. The first-order valence-electron chi connectivity index (χ1n) is 6.36. The molecule has 1 heterocycles. The molecule has 1 aliphatic rings. The minimum Gasteiger partial charge on any atom is -0.369 e. The number of hydrogen-bond acceptors (Lipinski definition) is 2. The van der Waals surface area contributed by atoms with Crippen molar-refractivity contribution >= 4 is 28.3 Å². The zero-order chi connectivity index (χ0) is 13.3. The molecular weight excluding hydrogens is 342 g/mol. The third-order valence-corrected chi connectivity index (χ3v) is 4.35. The van der Waals surface area contributed by atoms with Crippen molar-refractivity contribution in [3.8, 4) is 0 Å². The van der Waals surface area contributed by atoms with Gasteiger partial charge in [0.05, 0.1) is 5.69 Å². The number of rotatable bonds is 2. The molecule has 1 aliphatic heterocycles. The predicted octanol–water partition coefficient (Wildman–Crippen LogP) is 3.27. The highest BCUT2D eigenvalue weighted by Crippen LogP contribution is 2.29. The Morgan fingerprint density at radius 1 is 1.28 bits per heavy atom. The first-order valence-corrected chi connectivity index (χ1v) is 7.44. The van der Waals surface area contributed by atoms with Crippen molar-refractivity contribution < 1.29 is 4.39 Å². The Morgan fingerprint density at radius 3 is 2.39 bits per heavy atom. The lowest BCUT2D eigenvalue weighted by atomic mass is 10.0. The van der Waals surface area contributed by atoms with Crippen molar-refractivity contribution in [3.05, 3.63) is 27.1 Å². The van der Waals surface area contributed by atoms with Crippen molar-refractivity contribution in [2.45, 2.75) is 25.8 Å². The second-order valence-corrected chi connectivity index (χ2v) is 6.48. The van der Waals surface area contributed by atoms with Crippen molar-refractivity contribution in [2.24, 2.45) is 0 Å². The maximum absolute atomic E-state index is 14.1. The Bertz CT molecular complexity index is 403. The summed E-state index contributed by atoms with van der Waals surface area (Å²) < 4.78 is 15.1. The Labute approximate surface area is 122 Å².